The minimum Gasteiger partial charge on any atom is -0.481 e. The fourth-order valence-electron chi connectivity index (χ4n) is 4.86. The zero-order valence-corrected chi connectivity index (χ0v) is 17.8. The maximum absolute atomic E-state index is 14.4. The molecule has 0 bridgehead atoms. The normalized spacial score (nSPS) is 31.4. The van der Waals surface area contributed by atoms with Crippen molar-refractivity contribution in [1.82, 2.24) is 0 Å². The smallest absolute Gasteiger partial charge is 0.316 e. The van der Waals surface area contributed by atoms with Gasteiger partial charge in [-0.15, -0.1) is 0 Å². The number of carboxylic acids is 2. The number of hydrogen-bond donors (Lipinski definition) is 2. The van der Waals surface area contributed by atoms with Gasteiger partial charge in [-0.1, -0.05) is 36.8 Å². The number of carboxylic acid groups (broad SMARTS) is 2. The van der Waals surface area contributed by atoms with E-state index in [2.05, 4.69) is 22.6 Å². The van der Waals surface area contributed by atoms with Crippen LogP contribution in [0.4, 0.5) is 8.78 Å². The van der Waals surface area contributed by atoms with Gasteiger partial charge in [0.2, 0.25) is 0 Å². The molecule has 0 radical (unpaired) electrons. The van der Waals surface area contributed by atoms with Crippen molar-refractivity contribution in [2.45, 2.75) is 45.5 Å². The Kier molecular flexibility index (Phi) is 5.59. The van der Waals surface area contributed by atoms with Crippen LogP contribution in [0.25, 0.3) is 0 Å². The first-order valence-corrected chi connectivity index (χ1v) is 10.3. The summed E-state index contributed by atoms with van der Waals surface area (Å²) in [4.78, 5) is 24.5. The molecule has 0 aliphatic heterocycles. The fourth-order valence-corrected chi connectivity index (χ4v) is 5.72. The molecule has 2 aliphatic carbocycles. The van der Waals surface area contributed by atoms with E-state index in [9.17, 15) is 28.6 Å². The number of carbonyl (C=O) groups is 2. The minimum absolute atomic E-state index is 0.309. The molecular formula is C21H23F2IO4. The average Bonchev–Trinajstić information content (AvgIpc) is 3.44. The second kappa shape index (κ2) is 7.39. The van der Waals surface area contributed by atoms with Crippen LogP contribution in [0, 0.1) is 26.2 Å². The second-order valence-corrected chi connectivity index (χ2v) is 9.35. The Hall–Kier alpha value is -1.51. The highest BCUT2D eigenvalue weighted by molar-refractivity contribution is 14.1. The van der Waals surface area contributed by atoms with Gasteiger partial charge in [0.05, 0.1) is 5.41 Å². The van der Waals surface area contributed by atoms with Crippen LogP contribution in [0.15, 0.2) is 35.9 Å². The van der Waals surface area contributed by atoms with E-state index in [1.807, 2.05) is 31.2 Å². The molecule has 152 valence electrons. The third kappa shape index (κ3) is 3.25. The maximum atomic E-state index is 14.4. The van der Waals surface area contributed by atoms with Crippen molar-refractivity contribution in [3.63, 3.8) is 0 Å². The monoisotopic (exact) mass is 504 g/mol. The van der Waals surface area contributed by atoms with Crippen molar-refractivity contribution in [3.8, 4) is 0 Å². The van der Waals surface area contributed by atoms with Crippen LogP contribution in [0.5, 0.6) is 0 Å². The van der Waals surface area contributed by atoms with E-state index in [-0.39, 0.29) is 18.3 Å². The number of benzene rings is 1. The number of aliphatic carboxylic acids is 2. The zero-order chi connectivity index (χ0) is 20.9. The lowest BCUT2D eigenvalue weighted by atomic mass is 9.53. The number of hydrogen-bond acceptors (Lipinski definition) is 2. The molecule has 1 saturated carbocycles. The third-order valence-corrected chi connectivity index (χ3v) is 7.44. The van der Waals surface area contributed by atoms with Gasteiger partial charge in [-0.3, -0.25) is 9.59 Å². The van der Waals surface area contributed by atoms with E-state index in [1.54, 1.807) is 6.08 Å². The predicted molar refractivity (Wildman–Crippen MR) is 108 cm³/mol. The van der Waals surface area contributed by atoms with Crippen LogP contribution < -0.4 is 0 Å². The van der Waals surface area contributed by atoms with Gasteiger partial charge in [-0.2, -0.15) is 0 Å². The lowest BCUT2D eigenvalue weighted by molar-refractivity contribution is -0.181. The van der Waals surface area contributed by atoms with E-state index < -0.39 is 35.1 Å². The molecule has 7 heteroatoms. The lowest BCUT2D eigenvalue weighted by Gasteiger charge is -2.49. The topological polar surface area (TPSA) is 74.6 Å². The molecule has 4 nitrogen and oxygen atoms in total. The largest absolute Gasteiger partial charge is 0.481 e. The third-order valence-electron chi connectivity index (χ3n) is 6.45. The summed E-state index contributed by atoms with van der Waals surface area (Å²) in [6.07, 6.45) is -0.749. The van der Waals surface area contributed by atoms with Gasteiger partial charge in [0.1, 0.15) is 5.41 Å². The van der Waals surface area contributed by atoms with E-state index in [0.717, 1.165) is 9.13 Å². The van der Waals surface area contributed by atoms with Crippen LogP contribution in [-0.4, -0.2) is 28.6 Å². The van der Waals surface area contributed by atoms with E-state index >= 15 is 0 Å². The Balaban J connectivity index is 2.20. The lowest BCUT2D eigenvalue weighted by Crippen LogP contribution is -2.56. The van der Waals surface area contributed by atoms with Crippen LogP contribution in [0.3, 0.4) is 0 Å². The Bertz CT molecular complexity index is 835. The van der Waals surface area contributed by atoms with Crippen LogP contribution >= 0.6 is 22.6 Å². The molecule has 0 heterocycles. The molecule has 4 atom stereocenters. The Morgan fingerprint density at radius 2 is 1.79 bits per heavy atom. The molecule has 0 amide bonds. The summed E-state index contributed by atoms with van der Waals surface area (Å²) in [5, 5.41) is 19.9. The molecule has 1 aromatic carbocycles. The van der Waals surface area contributed by atoms with Gasteiger partial charge in [0, 0.05) is 15.4 Å². The van der Waals surface area contributed by atoms with E-state index in [0.29, 0.717) is 18.4 Å². The molecule has 0 saturated heterocycles. The summed E-state index contributed by atoms with van der Waals surface area (Å²) in [6.45, 7) is 3.22. The molecule has 28 heavy (non-hydrogen) atoms. The van der Waals surface area contributed by atoms with Crippen LogP contribution in [-0.2, 0) is 9.59 Å². The van der Waals surface area contributed by atoms with Gasteiger partial charge in [-0.05, 0) is 66.3 Å². The number of alkyl halides is 2. The summed E-state index contributed by atoms with van der Waals surface area (Å²) in [7, 11) is 0. The van der Waals surface area contributed by atoms with E-state index in [4.69, 9.17) is 0 Å². The first-order valence-electron chi connectivity index (χ1n) is 9.26. The highest BCUT2D eigenvalue weighted by Gasteiger charge is 2.67. The molecule has 1 fully saturated rings. The molecular weight excluding hydrogens is 481 g/mol. The van der Waals surface area contributed by atoms with Crippen molar-refractivity contribution >= 4 is 34.5 Å². The summed E-state index contributed by atoms with van der Waals surface area (Å²) in [5.41, 5.74) is -2.72. The van der Waals surface area contributed by atoms with Crippen molar-refractivity contribution in [2.75, 3.05) is 0 Å². The molecule has 0 spiro atoms. The fraction of sp³-hybridized carbons (Fsp3) is 0.524. The molecule has 0 aromatic heterocycles. The standard InChI is InChI=1S/C21H23F2IO4/c1-11(14-5-3-4-6-15(14)24)13-9-20(2,18(25)26)16(12-7-8-12)21(10-13,17(22)23)19(27)28/h3-6,9,11-12,16-17H,7-8,10H2,1-2H3,(H,25,26)(H,27,28). The van der Waals surface area contributed by atoms with Gasteiger partial charge in [0.15, 0.2) is 0 Å². The zero-order valence-electron chi connectivity index (χ0n) is 15.7. The van der Waals surface area contributed by atoms with Crippen LogP contribution in [0.1, 0.15) is 44.6 Å². The maximum Gasteiger partial charge on any atom is 0.316 e. The molecule has 4 unspecified atom stereocenters. The van der Waals surface area contributed by atoms with Crippen LogP contribution in [0.2, 0.25) is 0 Å². The van der Waals surface area contributed by atoms with Gasteiger partial charge in [0.25, 0.3) is 6.43 Å². The summed E-state index contributed by atoms with van der Waals surface area (Å²) in [6, 6.07) is 7.44. The molecule has 1 aromatic rings. The molecule has 3 rings (SSSR count). The quantitative estimate of drug-likeness (QED) is 0.414. The van der Waals surface area contributed by atoms with Crippen molar-refractivity contribution in [2.24, 2.45) is 22.7 Å². The summed E-state index contributed by atoms with van der Waals surface area (Å²) in [5.74, 6) is -4.66. The molecule has 2 aliphatic rings. The highest BCUT2D eigenvalue weighted by Crippen LogP contribution is 2.62. The molecule has 2 N–H and O–H groups in total. The first kappa shape index (κ1) is 21.2. The number of allylic oxidation sites excluding steroid dienone is 1. The first-order chi connectivity index (χ1) is 13.1. The summed E-state index contributed by atoms with van der Waals surface area (Å²) >= 11 is 2.15. The second-order valence-electron chi connectivity index (χ2n) is 8.19. The van der Waals surface area contributed by atoms with Gasteiger partial charge >= 0.3 is 11.9 Å². The minimum atomic E-state index is -3.15. The number of rotatable bonds is 6. The van der Waals surface area contributed by atoms with Crippen molar-refractivity contribution in [1.29, 1.82) is 0 Å². The van der Waals surface area contributed by atoms with Gasteiger partial charge in [-0.25, -0.2) is 8.78 Å². The predicted octanol–water partition coefficient (Wildman–Crippen LogP) is 5.18. The Labute approximate surface area is 176 Å². The SMILES string of the molecule is CC(C1=CC(C)(C(=O)O)C(C2CC2)C(C(=O)O)(C(F)F)C1)c1ccccc1I. The van der Waals surface area contributed by atoms with Gasteiger partial charge < -0.3 is 10.2 Å². The summed E-state index contributed by atoms with van der Waals surface area (Å²) < 4.78 is 29.7. The van der Waals surface area contributed by atoms with E-state index in [1.165, 1.54) is 6.92 Å². The Morgan fingerprint density at radius 3 is 2.25 bits per heavy atom. The number of halogens is 3. The van der Waals surface area contributed by atoms with Crippen molar-refractivity contribution < 1.29 is 28.6 Å². The Morgan fingerprint density at radius 1 is 1.18 bits per heavy atom. The van der Waals surface area contributed by atoms with Crippen molar-refractivity contribution in [3.05, 3.63) is 45.0 Å². The average molecular weight is 504 g/mol. The highest BCUT2D eigenvalue weighted by atomic mass is 127.